The number of hydrogen-bond acceptors (Lipinski definition) is 3. The van der Waals surface area contributed by atoms with E-state index in [-0.39, 0.29) is 11.9 Å². The Bertz CT molecular complexity index is 1030. The highest BCUT2D eigenvalue weighted by Gasteiger charge is 2.19. The summed E-state index contributed by atoms with van der Waals surface area (Å²) in [5.41, 5.74) is 4.32. The smallest absolute Gasteiger partial charge is 0.320 e. The fourth-order valence-electron chi connectivity index (χ4n) is 3.60. The molecule has 1 aliphatic heterocycles. The van der Waals surface area contributed by atoms with E-state index in [2.05, 4.69) is 52.0 Å². The molecule has 7 nitrogen and oxygen atoms in total. The highest BCUT2D eigenvalue weighted by molar-refractivity contribution is 6.00. The summed E-state index contributed by atoms with van der Waals surface area (Å²) in [6, 6.07) is 14.1. The van der Waals surface area contributed by atoms with E-state index in [0.29, 0.717) is 25.3 Å². The predicted molar refractivity (Wildman–Crippen MR) is 114 cm³/mol. The van der Waals surface area contributed by atoms with E-state index in [1.165, 1.54) is 5.56 Å². The van der Waals surface area contributed by atoms with Crippen molar-refractivity contribution in [2.75, 3.05) is 25.0 Å². The van der Waals surface area contributed by atoms with Gasteiger partial charge in [0.2, 0.25) is 5.91 Å². The highest BCUT2D eigenvalue weighted by atomic mass is 16.2. The fourth-order valence-corrected chi connectivity index (χ4v) is 3.60. The van der Waals surface area contributed by atoms with Crippen LogP contribution in [-0.4, -0.2) is 46.7 Å². The third kappa shape index (κ3) is 4.39. The van der Waals surface area contributed by atoms with Crippen molar-refractivity contribution in [3.05, 3.63) is 48.0 Å². The summed E-state index contributed by atoms with van der Waals surface area (Å²) in [5, 5.41) is 13.7. The monoisotopic (exact) mass is 391 g/mol. The van der Waals surface area contributed by atoms with Crippen LogP contribution in [0.5, 0.6) is 0 Å². The SMILES string of the molecule is Cc1ccc(-c2ccc3c(NC(=O)NCCCN4CCCC4=O)n[nH]c3c2)cc1. The second kappa shape index (κ2) is 8.34. The number of aryl methyl sites for hydroxylation is 1. The van der Waals surface area contributed by atoms with Crippen molar-refractivity contribution in [2.24, 2.45) is 0 Å². The van der Waals surface area contributed by atoms with Gasteiger partial charge in [0.1, 0.15) is 0 Å². The lowest BCUT2D eigenvalue weighted by Crippen LogP contribution is -2.33. The second-order valence-corrected chi connectivity index (χ2v) is 7.42. The van der Waals surface area contributed by atoms with Crippen LogP contribution >= 0.6 is 0 Å². The molecule has 0 saturated carbocycles. The Kier molecular flexibility index (Phi) is 5.46. The zero-order chi connectivity index (χ0) is 20.2. The van der Waals surface area contributed by atoms with Gasteiger partial charge in [-0.2, -0.15) is 5.10 Å². The molecule has 3 aromatic rings. The zero-order valence-electron chi connectivity index (χ0n) is 16.5. The third-order valence-electron chi connectivity index (χ3n) is 5.24. The van der Waals surface area contributed by atoms with Crippen molar-refractivity contribution < 1.29 is 9.59 Å². The van der Waals surface area contributed by atoms with Crippen molar-refractivity contribution >= 4 is 28.7 Å². The van der Waals surface area contributed by atoms with Crippen LogP contribution in [0.1, 0.15) is 24.8 Å². The fraction of sp³-hybridized carbons (Fsp3) is 0.318. The number of amides is 3. The zero-order valence-corrected chi connectivity index (χ0v) is 16.5. The number of urea groups is 1. The highest BCUT2D eigenvalue weighted by Crippen LogP contribution is 2.27. The van der Waals surface area contributed by atoms with Crippen LogP contribution in [0.4, 0.5) is 10.6 Å². The molecule has 0 spiro atoms. The molecule has 1 saturated heterocycles. The number of carbonyl (C=O) groups is 2. The summed E-state index contributed by atoms with van der Waals surface area (Å²) in [4.78, 5) is 25.6. The molecule has 1 aromatic heterocycles. The van der Waals surface area contributed by atoms with Gasteiger partial charge in [0.25, 0.3) is 0 Å². The van der Waals surface area contributed by atoms with Crippen LogP contribution in [0.25, 0.3) is 22.0 Å². The van der Waals surface area contributed by atoms with Gasteiger partial charge >= 0.3 is 6.03 Å². The maximum absolute atomic E-state index is 12.2. The number of carbonyl (C=O) groups excluding carboxylic acids is 2. The molecule has 0 unspecified atom stereocenters. The second-order valence-electron chi connectivity index (χ2n) is 7.42. The Balaban J connectivity index is 1.33. The van der Waals surface area contributed by atoms with E-state index in [1.807, 2.05) is 23.1 Å². The van der Waals surface area contributed by atoms with E-state index >= 15 is 0 Å². The summed E-state index contributed by atoms with van der Waals surface area (Å²) in [7, 11) is 0. The van der Waals surface area contributed by atoms with Crippen LogP contribution in [0.2, 0.25) is 0 Å². The van der Waals surface area contributed by atoms with Gasteiger partial charge in [-0.15, -0.1) is 0 Å². The summed E-state index contributed by atoms with van der Waals surface area (Å²) in [6.45, 7) is 4.09. The molecule has 29 heavy (non-hydrogen) atoms. The van der Waals surface area contributed by atoms with E-state index in [1.54, 1.807) is 0 Å². The maximum Gasteiger partial charge on any atom is 0.320 e. The van der Waals surface area contributed by atoms with Crippen molar-refractivity contribution in [3.63, 3.8) is 0 Å². The number of aromatic nitrogens is 2. The van der Waals surface area contributed by atoms with Crippen LogP contribution in [0.3, 0.4) is 0 Å². The van der Waals surface area contributed by atoms with Gasteiger partial charge in [0, 0.05) is 31.4 Å². The molecular formula is C22H25N5O2. The molecule has 0 atom stereocenters. The van der Waals surface area contributed by atoms with Crippen molar-refractivity contribution in [2.45, 2.75) is 26.2 Å². The number of anilines is 1. The number of rotatable bonds is 6. The van der Waals surface area contributed by atoms with Gasteiger partial charge in [-0.3, -0.25) is 15.2 Å². The van der Waals surface area contributed by atoms with Gasteiger partial charge in [-0.25, -0.2) is 4.79 Å². The first-order valence-corrected chi connectivity index (χ1v) is 9.98. The summed E-state index contributed by atoms with van der Waals surface area (Å²) < 4.78 is 0. The number of nitrogens with zero attached hydrogens (tertiary/aromatic N) is 2. The Morgan fingerprint density at radius 3 is 2.72 bits per heavy atom. The van der Waals surface area contributed by atoms with E-state index < -0.39 is 0 Å². The lowest BCUT2D eigenvalue weighted by Gasteiger charge is -2.15. The van der Waals surface area contributed by atoms with Crippen molar-refractivity contribution in [1.29, 1.82) is 0 Å². The van der Waals surface area contributed by atoms with Crippen LogP contribution in [0.15, 0.2) is 42.5 Å². The topological polar surface area (TPSA) is 90.1 Å². The van der Waals surface area contributed by atoms with E-state index in [4.69, 9.17) is 0 Å². The van der Waals surface area contributed by atoms with Crippen molar-refractivity contribution in [1.82, 2.24) is 20.4 Å². The summed E-state index contributed by atoms with van der Waals surface area (Å²) in [5.74, 6) is 0.713. The number of nitrogens with one attached hydrogen (secondary N) is 3. The molecule has 150 valence electrons. The molecule has 4 rings (SSSR count). The molecular weight excluding hydrogens is 366 g/mol. The molecule has 3 N–H and O–H groups in total. The standard InChI is InChI=1S/C22H25N5O2/c1-15-5-7-16(8-6-15)17-9-10-18-19(14-17)25-26-21(18)24-22(29)23-11-3-13-27-12-2-4-20(27)28/h5-10,14H,2-4,11-13H2,1H3,(H3,23,24,25,26,29). The molecule has 7 heteroatoms. The number of aromatic amines is 1. The van der Waals surface area contributed by atoms with Crippen LogP contribution in [0, 0.1) is 6.92 Å². The summed E-state index contributed by atoms with van der Waals surface area (Å²) >= 11 is 0. The Morgan fingerprint density at radius 1 is 1.17 bits per heavy atom. The Morgan fingerprint density at radius 2 is 1.97 bits per heavy atom. The predicted octanol–water partition coefficient (Wildman–Crippen LogP) is 3.67. The molecule has 2 aromatic carbocycles. The molecule has 0 aliphatic carbocycles. The minimum Gasteiger partial charge on any atom is -0.343 e. The maximum atomic E-state index is 12.2. The third-order valence-corrected chi connectivity index (χ3v) is 5.24. The first kappa shape index (κ1) is 19.0. The molecule has 3 amide bonds. The number of H-pyrrole nitrogens is 1. The minimum absolute atomic E-state index is 0.211. The normalized spacial score (nSPS) is 13.8. The molecule has 0 bridgehead atoms. The number of fused-ring (bicyclic) bond motifs is 1. The summed E-state index contributed by atoms with van der Waals surface area (Å²) in [6.07, 6.45) is 2.32. The lowest BCUT2D eigenvalue weighted by molar-refractivity contribution is -0.127. The minimum atomic E-state index is -0.297. The van der Waals surface area contributed by atoms with Crippen molar-refractivity contribution in [3.8, 4) is 11.1 Å². The van der Waals surface area contributed by atoms with Gasteiger partial charge in [-0.05, 0) is 43.0 Å². The van der Waals surface area contributed by atoms with Gasteiger partial charge in [0.15, 0.2) is 5.82 Å². The quantitative estimate of drug-likeness (QED) is 0.560. The van der Waals surface area contributed by atoms with Gasteiger partial charge < -0.3 is 10.2 Å². The van der Waals surface area contributed by atoms with E-state index in [0.717, 1.165) is 41.4 Å². The van der Waals surface area contributed by atoms with E-state index in [9.17, 15) is 9.59 Å². The molecule has 2 heterocycles. The van der Waals surface area contributed by atoms with Gasteiger partial charge in [-0.1, -0.05) is 35.9 Å². The number of benzene rings is 2. The molecule has 0 radical (unpaired) electrons. The van der Waals surface area contributed by atoms with Crippen LogP contribution in [-0.2, 0) is 4.79 Å². The Labute approximate surface area is 169 Å². The first-order chi connectivity index (χ1) is 14.1. The number of likely N-dealkylation sites (tertiary alicyclic amines) is 1. The Hall–Kier alpha value is -3.35. The average Bonchev–Trinajstić information content (AvgIpc) is 3.31. The van der Waals surface area contributed by atoms with Gasteiger partial charge in [0.05, 0.1) is 5.52 Å². The number of hydrogen-bond donors (Lipinski definition) is 3. The van der Waals surface area contributed by atoms with Crippen LogP contribution < -0.4 is 10.6 Å². The molecule has 1 fully saturated rings. The lowest BCUT2D eigenvalue weighted by atomic mass is 10.0. The first-order valence-electron chi connectivity index (χ1n) is 9.98. The average molecular weight is 391 g/mol. The molecule has 1 aliphatic rings. The largest absolute Gasteiger partial charge is 0.343 e.